The fourth-order valence-corrected chi connectivity index (χ4v) is 2.65. The molecule has 2 aromatic rings. The lowest BCUT2D eigenvalue weighted by Gasteiger charge is -2.10. The number of nitrogens with one attached hydrogen (secondary N) is 2. The number of methoxy groups -OCH3 is 1. The molecule has 10 heteroatoms. The van der Waals surface area contributed by atoms with Gasteiger partial charge in [0.05, 0.1) is 7.11 Å². The van der Waals surface area contributed by atoms with Crippen molar-refractivity contribution in [3.8, 4) is 11.5 Å². The van der Waals surface area contributed by atoms with Crippen LogP contribution in [0.2, 0.25) is 0 Å². The van der Waals surface area contributed by atoms with Crippen LogP contribution in [0.4, 0.5) is 8.78 Å². The quantitative estimate of drug-likeness (QED) is 0.716. The first kappa shape index (κ1) is 18.6. The van der Waals surface area contributed by atoms with E-state index in [0.29, 0.717) is 17.6 Å². The molecule has 0 aromatic heterocycles. The van der Waals surface area contributed by atoms with E-state index in [1.54, 1.807) is 29.1 Å². The average molecular weight is 372 g/mol. The number of amides is 1. The number of hydrogen-bond donors (Lipinski definition) is 2. The summed E-state index contributed by atoms with van der Waals surface area (Å²) in [7, 11) is -2.89. The first-order valence-corrected chi connectivity index (χ1v) is 8.32. The van der Waals surface area contributed by atoms with Crippen molar-refractivity contribution in [2.75, 3.05) is 13.7 Å². The number of hydrogen-bond acceptors (Lipinski definition) is 5. The van der Waals surface area contributed by atoms with Crippen molar-refractivity contribution in [3.05, 3.63) is 54.1 Å². The zero-order valence-corrected chi connectivity index (χ0v) is 13.8. The fraction of sp³-hybridized carbons (Fsp3) is 0.133. The summed E-state index contributed by atoms with van der Waals surface area (Å²) in [6.07, 6.45) is 0. The van der Waals surface area contributed by atoms with Crippen LogP contribution in [0, 0.1) is 11.6 Å². The van der Waals surface area contributed by atoms with Crippen LogP contribution in [0.5, 0.6) is 11.5 Å². The third-order valence-electron chi connectivity index (χ3n) is 2.94. The Morgan fingerprint density at radius 1 is 1.08 bits per heavy atom. The first-order valence-electron chi connectivity index (χ1n) is 6.84. The largest absolute Gasteiger partial charge is 0.497 e. The lowest BCUT2D eigenvalue weighted by atomic mass is 10.3. The highest BCUT2D eigenvalue weighted by Crippen LogP contribution is 2.17. The normalized spacial score (nSPS) is 11.0. The third kappa shape index (κ3) is 5.13. The van der Waals surface area contributed by atoms with Gasteiger partial charge in [0, 0.05) is 6.07 Å². The molecule has 0 atom stereocenters. The number of ether oxygens (including phenoxy) is 2. The van der Waals surface area contributed by atoms with E-state index in [1.165, 1.54) is 7.11 Å². The maximum absolute atomic E-state index is 13.5. The number of carbonyl (C=O) groups excluding carboxylic acids is 1. The average Bonchev–Trinajstić information content (AvgIpc) is 2.58. The maximum Gasteiger partial charge on any atom is 0.272 e. The van der Waals surface area contributed by atoms with Gasteiger partial charge in [-0.05, 0) is 36.4 Å². The Balaban J connectivity index is 1.90. The number of hydrazine groups is 1. The molecule has 0 aliphatic heterocycles. The topological polar surface area (TPSA) is 93.7 Å². The molecule has 0 saturated heterocycles. The highest BCUT2D eigenvalue weighted by molar-refractivity contribution is 7.89. The summed E-state index contributed by atoms with van der Waals surface area (Å²) in [5, 5.41) is 0. The number of rotatable bonds is 7. The van der Waals surface area contributed by atoms with E-state index >= 15 is 0 Å². The van der Waals surface area contributed by atoms with E-state index in [-0.39, 0.29) is 0 Å². The first-order chi connectivity index (χ1) is 11.8. The highest BCUT2D eigenvalue weighted by atomic mass is 32.2. The van der Waals surface area contributed by atoms with Crippen LogP contribution in [0.1, 0.15) is 0 Å². The van der Waals surface area contributed by atoms with Crippen LogP contribution in [0.15, 0.2) is 47.4 Å². The molecule has 0 radical (unpaired) electrons. The number of carbonyl (C=O) groups is 1. The molecule has 7 nitrogen and oxygen atoms in total. The summed E-state index contributed by atoms with van der Waals surface area (Å²) in [5.41, 5.74) is 1.87. The van der Waals surface area contributed by atoms with Gasteiger partial charge in [0.15, 0.2) is 6.61 Å². The number of sulfonamides is 1. The van der Waals surface area contributed by atoms with Gasteiger partial charge in [0.1, 0.15) is 28.0 Å². The zero-order valence-electron chi connectivity index (χ0n) is 13.0. The Kier molecular flexibility index (Phi) is 5.88. The van der Waals surface area contributed by atoms with Gasteiger partial charge < -0.3 is 9.47 Å². The summed E-state index contributed by atoms with van der Waals surface area (Å²) in [4.78, 5) is 12.5. The van der Waals surface area contributed by atoms with E-state index in [4.69, 9.17) is 9.47 Å². The van der Waals surface area contributed by atoms with Gasteiger partial charge in [-0.2, -0.15) is 0 Å². The van der Waals surface area contributed by atoms with Crippen molar-refractivity contribution in [1.82, 2.24) is 10.3 Å². The predicted octanol–water partition coefficient (Wildman–Crippen LogP) is 1.36. The molecule has 0 aliphatic carbocycles. The van der Waals surface area contributed by atoms with Crippen molar-refractivity contribution in [2.45, 2.75) is 4.90 Å². The van der Waals surface area contributed by atoms with Crippen LogP contribution in [-0.2, 0) is 14.8 Å². The summed E-state index contributed by atoms with van der Waals surface area (Å²) in [6, 6.07) is 8.30. The lowest BCUT2D eigenvalue weighted by Crippen LogP contribution is -2.43. The number of benzene rings is 2. The fourth-order valence-electron chi connectivity index (χ4n) is 1.73. The summed E-state index contributed by atoms with van der Waals surface area (Å²) in [6.45, 7) is -0.485. The van der Waals surface area contributed by atoms with E-state index in [0.717, 1.165) is 12.1 Å². The second-order valence-corrected chi connectivity index (χ2v) is 6.34. The zero-order chi connectivity index (χ0) is 18.4. The van der Waals surface area contributed by atoms with E-state index < -0.39 is 39.1 Å². The van der Waals surface area contributed by atoms with Crippen LogP contribution >= 0.6 is 0 Å². The molecular formula is C15H14F2N2O5S. The molecule has 0 aliphatic rings. The van der Waals surface area contributed by atoms with Gasteiger partial charge in [0.2, 0.25) is 0 Å². The molecule has 0 fully saturated rings. The minimum atomic E-state index is -4.39. The summed E-state index contributed by atoms with van der Waals surface area (Å²) < 4.78 is 60.2. The molecular weight excluding hydrogens is 358 g/mol. The maximum atomic E-state index is 13.5. The van der Waals surface area contributed by atoms with E-state index in [2.05, 4.69) is 0 Å². The van der Waals surface area contributed by atoms with Crippen molar-refractivity contribution >= 4 is 15.9 Å². The molecule has 1 amide bonds. The van der Waals surface area contributed by atoms with Crippen molar-refractivity contribution < 1.29 is 31.5 Å². The Morgan fingerprint density at radius 3 is 2.32 bits per heavy atom. The monoisotopic (exact) mass is 372 g/mol. The van der Waals surface area contributed by atoms with E-state index in [1.807, 2.05) is 5.43 Å². The van der Waals surface area contributed by atoms with Crippen molar-refractivity contribution in [2.24, 2.45) is 0 Å². The third-order valence-corrected chi connectivity index (χ3v) is 4.22. The van der Waals surface area contributed by atoms with Gasteiger partial charge in [0.25, 0.3) is 15.9 Å². The van der Waals surface area contributed by atoms with Crippen LogP contribution in [-0.4, -0.2) is 28.0 Å². The van der Waals surface area contributed by atoms with Gasteiger partial charge in [-0.15, -0.1) is 4.83 Å². The predicted molar refractivity (Wildman–Crippen MR) is 83.3 cm³/mol. The minimum Gasteiger partial charge on any atom is -0.497 e. The highest BCUT2D eigenvalue weighted by Gasteiger charge is 2.20. The number of halogens is 2. The van der Waals surface area contributed by atoms with Crippen LogP contribution in [0.3, 0.4) is 0 Å². The minimum absolute atomic E-state index is 0.364. The molecule has 134 valence electrons. The molecule has 2 aromatic carbocycles. The standard InChI is InChI=1S/C15H14F2N2O5S/c1-23-11-3-5-12(6-4-11)24-9-15(20)18-19-25(21,22)14-7-2-10(16)8-13(14)17/h2-8,19H,9H2,1H3,(H,18,20). The molecule has 0 bridgehead atoms. The molecule has 25 heavy (non-hydrogen) atoms. The van der Waals surface area contributed by atoms with Crippen molar-refractivity contribution in [3.63, 3.8) is 0 Å². The van der Waals surface area contributed by atoms with Crippen molar-refractivity contribution in [1.29, 1.82) is 0 Å². The lowest BCUT2D eigenvalue weighted by molar-refractivity contribution is -0.123. The smallest absolute Gasteiger partial charge is 0.272 e. The second-order valence-electron chi connectivity index (χ2n) is 4.69. The Hall–Kier alpha value is -2.72. The SMILES string of the molecule is COc1ccc(OCC(=O)NNS(=O)(=O)c2ccc(F)cc2F)cc1. The summed E-state index contributed by atoms with van der Waals surface area (Å²) in [5.74, 6) is -2.05. The Labute approximate surface area is 142 Å². The van der Waals surface area contributed by atoms with Gasteiger partial charge >= 0.3 is 0 Å². The molecule has 0 unspecified atom stereocenters. The Morgan fingerprint density at radius 2 is 1.72 bits per heavy atom. The second kappa shape index (κ2) is 7.90. The van der Waals surface area contributed by atoms with Crippen LogP contribution < -0.4 is 19.7 Å². The van der Waals surface area contributed by atoms with Gasteiger partial charge in [-0.3, -0.25) is 10.2 Å². The van der Waals surface area contributed by atoms with Gasteiger partial charge in [-0.1, -0.05) is 0 Å². The van der Waals surface area contributed by atoms with E-state index in [9.17, 15) is 22.0 Å². The molecule has 2 rings (SSSR count). The molecule has 2 N–H and O–H groups in total. The van der Waals surface area contributed by atoms with Gasteiger partial charge in [-0.25, -0.2) is 17.2 Å². The van der Waals surface area contributed by atoms with Crippen LogP contribution in [0.25, 0.3) is 0 Å². The Bertz CT molecular complexity index is 857. The summed E-state index contributed by atoms with van der Waals surface area (Å²) >= 11 is 0. The molecule has 0 spiro atoms. The molecule has 0 heterocycles. The molecule has 0 saturated carbocycles.